The third-order valence-corrected chi connectivity index (χ3v) is 4.25. The highest BCUT2D eigenvalue weighted by molar-refractivity contribution is 6.09. The van der Waals surface area contributed by atoms with Crippen LogP contribution in [-0.4, -0.2) is 28.8 Å². The van der Waals surface area contributed by atoms with Gasteiger partial charge in [-0.3, -0.25) is 14.5 Å². The van der Waals surface area contributed by atoms with E-state index in [0.717, 1.165) is 32.1 Å². The molecule has 0 spiro atoms. The van der Waals surface area contributed by atoms with Crippen LogP contribution in [0.25, 0.3) is 0 Å². The van der Waals surface area contributed by atoms with Crippen LogP contribution in [0, 0.1) is 11.8 Å². The van der Waals surface area contributed by atoms with Crippen LogP contribution < -0.4 is 5.73 Å². The summed E-state index contributed by atoms with van der Waals surface area (Å²) in [5.74, 6) is 0.137. The molecule has 3 rings (SSSR count). The second kappa shape index (κ2) is 2.82. The average molecular weight is 208 g/mol. The maximum absolute atomic E-state index is 12.0. The molecule has 2 saturated carbocycles. The Morgan fingerprint density at radius 1 is 1.20 bits per heavy atom. The first kappa shape index (κ1) is 9.33. The molecule has 4 heteroatoms. The summed E-state index contributed by atoms with van der Waals surface area (Å²) in [6.45, 7) is 0.434. The van der Waals surface area contributed by atoms with Gasteiger partial charge in [0.2, 0.25) is 11.8 Å². The topological polar surface area (TPSA) is 63.4 Å². The highest BCUT2D eigenvalue weighted by Crippen LogP contribution is 2.51. The van der Waals surface area contributed by atoms with E-state index < -0.39 is 0 Å². The third kappa shape index (κ3) is 1.06. The van der Waals surface area contributed by atoms with Gasteiger partial charge in [-0.15, -0.1) is 0 Å². The van der Waals surface area contributed by atoms with Crippen LogP contribution >= 0.6 is 0 Å². The van der Waals surface area contributed by atoms with E-state index in [1.165, 1.54) is 4.90 Å². The van der Waals surface area contributed by atoms with Crippen molar-refractivity contribution in [2.45, 2.75) is 37.6 Å². The lowest BCUT2D eigenvalue weighted by Gasteiger charge is -2.37. The van der Waals surface area contributed by atoms with Gasteiger partial charge >= 0.3 is 0 Å². The lowest BCUT2D eigenvalue weighted by Crippen LogP contribution is -2.55. The fraction of sp³-hybridized carbons (Fsp3) is 0.818. The Kier molecular flexibility index (Phi) is 1.75. The van der Waals surface area contributed by atoms with Crippen LogP contribution in [0.3, 0.4) is 0 Å². The molecular weight excluding hydrogens is 192 g/mol. The molecule has 2 N–H and O–H groups in total. The molecule has 0 aromatic heterocycles. The smallest absolute Gasteiger partial charge is 0.233 e. The molecular formula is C11H16N2O2. The summed E-state index contributed by atoms with van der Waals surface area (Å²) in [4.78, 5) is 25.4. The summed E-state index contributed by atoms with van der Waals surface area (Å²) >= 11 is 0. The molecule has 2 aliphatic carbocycles. The number of rotatable bonds is 2. The molecule has 0 bridgehead atoms. The van der Waals surface area contributed by atoms with Gasteiger partial charge < -0.3 is 5.73 Å². The number of hydrogen-bond donors (Lipinski definition) is 1. The third-order valence-electron chi connectivity index (χ3n) is 4.25. The van der Waals surface area contributed by atoms with Gasteiger partial charge in [-0.1, -0.05) is 12.8 Å². The Balaban J connectivity index is 1.92. The molecule has 1 aliphatic heterocycles. The lowest BCUT2D eigenvalue weighted by molar-refractivity contribution is -0.148. The van der Waals surface area contributed by atoms with Crippen molar-refractivity contribution < 1.29 is 9.59 Å². The van der Waals surface area contributed by atoms with Gasteiger partial charge in [0.1, 0.15) is 0 Å². The van der Waals surface area contributed by atoms with Crippen molar-refractivity contribution in [3.63, 3.8) is 0 Å². The molecule has 15 heavy (non-hydrogen) atoms. The number of amides is 2. The standard InChI is InChI=1S/C11H16N2O2/c12-6-11(3-1-2-4-11)13-9(14)7-5-8(7)10(13)15/h7-8H,1-6,12H2. The number of hydrogen-bond acceptors (Lipinski definition) is 3. The zero-order chi connectivity index (χ0) is 10.6. The Morgan fingerprint density at radius 3 is 2.20 bits per heavy atom. The van der Waals surface area contributed by atoms with Crippen LogP contribution in [0.15, 0.2) is 0 Å². The molecule has 2 atom stereocenters. The Bertz CT molecular complexity index is 313. The lowest BCUT2D eigenvalue weighted by atomic mass is 9.95. The summed E-state index contributed by atoms with van der Waals surface area (Å²) in [6, 6.07) is 0. The van der Waals surface area contributed by atoms with Gasteiger partial charge in [0.15, 0.2) is 0 Å². The minimum Gasteiger partial charge on any atom is -0.328 e. The molecule has 2 amide bonds. The summed E-state index contributed by atoms with van der Waals surface area (Å²) < 4.78 is 0. The molecule has 2 unspecified atom stereocenters. The minimum atomic E-state index is -0.318. The monoisotopic (exact) mass is 208 g/mol. The number of likely N-dealkylation sites (tertiary alicyclic amines) is 1. The van der Waals surface area contributed by atoms with Gasteiger partial charge in [0.05, 0.1) is 17.4 Å². The van der Waals surface area contributed by atoms with Crippen molar-refractivity contribution >= 4 is 11.8 Å². The first-order valence-electron chi connectivity index (χ1n) is 5.78. The van der Waals surface area contributed by atoms with E-state index in [1.54, 1.807) is 0 Å². The highest BCUT2D eigenvalue weighted by Gasteiger charge is 2.63. The van der Waals surface area contributed by atoms with Gasteiger partial charge in [0, 0.05) is 6.54 Å². The average Bonchev–Trinajstić information content (AvgIpc) is 2.83. The summed E-state index contributed by atoms with van der Waals surface area (Å²) in [6.07, 6.45) is 4.77. The highest BCUT2D eigenvalue weighted by atomic mass is 16.2. The van der Waals surface area contributed by atoms with Crippen molar-refractivity contribution in [2.75, 3.05) is 6.54 Å². The van der Waals surface area contributed by atoms with Gasteiger partial charge in [-0.2, -0.15) is 0 Å². The van der Waals surface area contributed by atoms with E-state index in [9.17, 15) is 9.59 Å². The van der Waals surface area contributed by atoms with Crippen LogP contribution in [0.4, 0.5) is 0 Å². The number of piperidine rings is 1. The predicted octanol–water partition coefficient (Wildman–Crippen LogP) is 0.263. The number of imide groups is 1. The molecule has 0 radical (unpaired) electrons. The molecule has 1 heterocycles. The molecule has 4 nitrogen and oxygen atoms in total. The summed E-state index contributed by atoms with van der Waals surface area (Å²) in [5.41, 5.74) is 5.47. The van der Waals surface area contributed by atoms with Gasteiger partial charge in [0.25, 0.3) is 0 Å². The first-order valence-corrected chi connectivity index (χ1v) is 5.78. The van der Waals surface area contributed by atoms with E-state index in [-0.39, 0.29) is 29.2 Å². The van der Waals surface area contributed by atoms with Crippen molar-refractivity contribution in [3.05, 3.63) is 0 Å². The van der Waals surface area contributed by atoms with Crippen molar-refractivity contribution in [3.8, 4) is 0 Å². The van der Waals surface area contributed by atoms with Crippen LogP contribution in [0.2, 0.25) is 0 Å². The zero-order valence-corrected chi connectivity index (χ0v) is 8.74. The van der Waals surface area contributed by atoms with E-state index in [0.29, 0.717) is 6.54 Å². The van der Waals surface area contributed by atoms with Crippen molar-refractivity contribution in [1.29, 1.82) is 0 Å². The Hall–Kier alpha value is -0.900. The summed E-state index contributed by atoms with van der Waals surface area (Å²) in [5, 5.41) is 0. The van der Waals surface area contributed by atoms with Crippen LogP contribution in [0.1, 0.15) is 32.1 Å². The zero-order valence-electron chi connectivity index (χ0n) is 8.74. The number of carbonyl (C=O) groups excluding carboxylic acids is 2. The van der Waals surface area contributed by atoms with E-state index >= 15 is 0 Å². The predicted molar refractivity (Wildman–Crippen MR) is 53.7 cm³/mol. The second-order valence-corrected chi connectivity index (χ2v) is 5.10. The molecule has 1 saturated heterocycles. The van der Waals surface area contributed by atoms with Gasteiger partial charge in [-0.25, -0.2) is 0 Å². The number of nitrogens with two attached hydrogens (primary N) is 1. The summed E-state index contributed by atoms with van der Waals surface area (Å²) in [7, 11) is 0. The maximum Gasteiger partial charge on any atom is 0.233 e. The molecule has 3 fully saturated rings. The Labute approximate surface area is 88.8 Å². The fourth-order valence-electron chi connectivity index (χ4n) is 3.20. The van der Waals surface area contributed by atoms with Crippen molar-refractivity contribution in [2.24, 2.45) is 17.6 Å². The molecule has 3 aliphatic rings. The molecule has 0 aromatic carbocycles. The van der Waals surface area contributed by atoms with Crippen LogP contribution in [-0.2, 0) is 9.59 Å². The van der Waals surface area contributed by atoms with E-state index in [1.807, 2.05) is 0 Å². The number of carbonyl (C=O) groups is 2. The minimum absolute atomic E-state index is 0.0153. The fourth-order valence-corrected chi connectivity index (χ4v) is 3.20. The van der Waals surface area contributed by atoms with E-state index in [2.05, 4.69) is 0 Å². The van der Waals surface area contributed by atoms with E-state index in [4.69, 9.17) is 5.73 Å². The SMILES string of the molecule is NCC1(N2C(=O)C3CC3C2=O)CCCC1. The largest absolute Gasteiger partial charge is 0.328 e. The van der Waals surface area contributed by atoms with Crippen molar-refractivity contribution in [1.82, 2.24) is 4.90 Å². The first-order chi connectivity index (χ1) is 7.19. The molecule has 0 aromatic rings. The van der Waals surface area contributed by atoms with Crippen LogP contribution in [0.5, 0.6) is 0 Å². The number of nitrogens with zero attached hydrogens (tertiary/aromatic N) is 1. The quantitative estimate of drug-likeness (QED) is 0.662. The second-order valence-electron chi connectivity index (χ2n) is 5.10. The normalized spacial score (nSPS) is 37.3. The number of fused-ring (bicyclic) bond motifs is 1. The Morgan fingerprint density at radius 2 is 1.73 bits per heavy atom. The van der Waals surface area contributed by atoms with Gasteiger partial charge in [-0.05, 0) is 19.3 Å². The molecule has 82 valence electrons. The maximum atomic E-state index is 12.0.